The summed E-state index contributed by atoms with van der Waals surface area (Å²) in [5, 5.41) is 22.2. The first-order chi connectivity index (χ1) is 8.93. The zero-order chi connectivity index (χ0) is 14.4. The maximum absolute atomic E-state index is 11.6. The number of anilines is 2. The number of aliphatic hydroxyl groups excluding tert-OH is 1. The summed E-state index contributed by atoms with van der Waals surface area (Å²) >= 11 is 0. The molecular weight excluding hydrogens is 250 g/mol. The largest absolute Gasteiger partial charge is 0.480 e. The van der Waals surface area contributed by atoms with Gasteiger partial charge >= 0.3 is 12.0 Å². The molecule has 0 saturated carbocycles. The lowest BCUT2D eigenvalue weighted by Gasteiger charge is -2.15. The lowest BCUT2D eigenvalue weighted by molar-refractivity contribution is -0.140. The van der Waals surface area contributed by atoms with Crippen molar-refractivity contribution in [1.29, 1.82) is 0 Å². The molecule has 1 unspecified atom stereocenters. The van der Waals surface area contributed by atoms with Gasteiger partial charge in [-0.1, -0.05) is 6.07 Å². The Morgan fingerprint density at radius 3 is 2.58 bits per heavy atom. The number of carbonyl (C=O) groups is 2. The first kappa shape index (κ1) is 14.8. The van der Waals surface area contributed by atoms with Gasteiger partial charge in [0, 0.05) is 25.5 Å². The summed E-state index contributed by atoms with van der Waals surface area (Å²) in [6, 6.07) is 5.06. The van der Waals surface area contributed by atoms with Crippen LogP contribution in [0.15, 0.2) is 24.3 Å². The lowest BCUT2D eigenvalue weighted by atomic mass is 10.2. The maximum Gasteiger partial charge on any atom is 0.328 e. The number of carboxylic acids is 1. The number of amides is 2. The van der Waals surface area contributed by atoms with Crippen LogP contribution in [0.3, 0.4) is 0 Å². The molecule has 1 atom stereocenters. The van der Waals surface area contributed by atoms with E-state index in [1.54, 1.807) is 18.2 Å². The smallest absolute Gasteiger partial charge is 0.328 e. The summed E-state index contributed by atoms with van der Waals surface area (Å²) in [5.41, 5.74) is 1.43. The average Bonchev–Trinajstić information content (AvgIpc) is 2.35. The normalized spacial score (nSPS) is 11.5. The third kappa shape index (κ3) is 4.47. The van der Waals surface area contributed by atoms with Crippen LogP contribution in [0.25, 0.3) is 0 Å². The quantitative estimate of drug-likeness (QED) is 0.615. The Balaban J connectivity index is 2.66. The van der Waals surface area contributed by atoms with Crippen molar-refractivity contribution in [3.8, 4) is 0 Å². The van der Waals surface area contributed by atoms with Crippen molar-refractivity contribution in [2.24, 2.45) is 0 Å². The summed E-state index contributed by atoms with van der Waals surface area (Å²) < 4.78 is 0. The minimum absolute atomic E-state index is 0.533. The van der Waals surface area contributed by atoms with Crippen LogP contribution in [0.2, 0.25) is 0 Å². The van der Waals surface area contributed by atoms with Gasteiger partial charge < -0.3 is 25.7 Å². The predicted octanol–water partition coefficient (Wildman–Crippen LogP) is 0.320. The van der Waals surface area contributed by atoms with Crippen LogP contribution >= 0.6 is 0 Å². The fourth-order valence-corrected chi connectivity index (χ4v) is 1.37. The Hall–Kier alpha value is -2.28. The average molecular weight is 267 g/mol. The highest BCUT2D eigenvalue weighted by Crippen LogP contribution is 2.16. The highest BCUT2D eigenvalue weighted by atomic mass is 16.4. The highest BCUT2D eigenvalue weighted by Gasteiger charge is 2.18. The van der Waals surface area contributed by atoms with E-state index in [-0.39, 0.29) is 0 Å². The van der Waals surface area contributed by atoms with Crippen molar-refractivity contribution >= 4 is 23.4 Å². The summed E-state index contributed by atoms with van der Waals surface area (Å²) in [7, 11) is 3.73. The van der Waals surface area contributed by atoms with Gasteiger partial charge in [-0.3, -0.25) is 0 Å². The first-order valence-corrected chi connectivity index (χ1v) is 5.62. The van der Waals surface area contributed by atoms with Crippen molar-refractivity contribution in [3.63, 3.8) is 0 Å². The van der Waals surface area contributed by atoms with Gasteiger partial charge in [-0.15, -0.1) is 0 Å². The topological polar surface area (TPSA) is 102 Å². The van der Waals surface area contributed by atoms with Crippen molar-refractivity contribution in [2.75, 3.05) is 30.9 Å². The van der Waals surface area contributed by atoms with Gasteiger partial charge in [0.15, 0.2) is 6.04 Å². The summed E-state index contributed by atoms with van der Waals surface area (Å²) in [4.78, 5) is 24.1. The molecule has 7 heteroatoms. The zero-order valence-corrected chi connectivity index (χ0v) is 10.8. The third-order valence-electron chi connectivity index (χ3n) is 2.41. The number of carboxylic acid groups (broad SMARTS) is 1. The van der Waals surface area contributed by atoms with Gasteiger partial charge in [0.25, 0.3) is 0 Å². The molecule has 1 rings (SSSR count). The molecule has 4 N–H and O–H groups in total. The number of carbonyl (C=O) groups excluding carboxylic acids is 1. The Kier molecular flexibility index (Phi) is 5.13. The molecular formula is C12H17N3O4. The van der Waals surface area contributed by atoms with Gasteiger partial charge in [0.05, 0.1) is 6.61 Å². The van der Waals surface area contributed by atoms with Crippen LogP contribution in [0.1, 0.15) is 0 Å². The van der Waals surface area contributed by atoms with E-state index in [2.05, 4.69) is 10.6 Å². The van der Waals surface area contributed by atoms with Gasteiger partial charge in [0.1, 0.15) is 0 Å². The van der Waals surface area contributed by atoms with E-state index in [4.69, 9.17) is 10.2 Å². The molecule has 104 valence electrons. The third-order valence-corrected chi connectivity index (χ3v) is 2.41. The molecule has 0 heterocycles. The molecule has 0 aromatic heterocycles. The molecule has 0 aliphatic heterocycles. The Bertz CT molecular complexity index is 462. The monoisotopic (exact) mass is 267 g/mol. The van der Waals surface area contributed by atoms with E-state index >= 15 is 0 Å². The molecule has 0 aliphatic carbocycles. The molecule has 1 aromatic rings. The second-order valence-electron chi connectivity index (χ2n) is 4.12. The van der Waals surface area contributed by atoms with Crippen molar-refractivity contribution in [2.45, 2.75) is 6.04 Å². The van der Waals surface area contributed by atoms with Gasteiger partial charge in [-0.25, -0.2) is 9.59 Å². The molecule has 1 aromatic carbocycles. The van der Waals surface area contributed by atoms with Crippen LogP contribution in [0.4, 0.5) is 16.2 Å². The Morgan fingerprint density at radius 2 is 2.05 bits per heavy atom. The van der Waals surface area contributed by atoms with Crippen molar-refractivity contribution in [3.05, 3.63) is 24.3 Å². The number of nitrogens with zero attached hydrogens (tertiary/aromatic N) is 1. The van der Waals surface area contributed by atoms with Crippen LogP contribution < -0.4 is 15.5 Å². The summed E-state index contributed by atoms with van der Waals surface area (Å²) in [6.07, 6.45) is 0. The standard InChI is InChI=1S/C12H17N3O4/c1-15(2)9-5-3-4-8(6-9)13-12(19)14-10(7-16)11(17)18/h3-6,10,16H,7H2,1-2H3,(H,17,18)(H2,13,14,19). The number of aliphatic hydroxyl groups is 1. The van der Waals surface area contributed by atoms with E-state index < -0.39 is 24.6 Å². The first-order valence-electron chi connectivity index (χ1n) is 5.62. The van der Waals surface area contributed by atoms with E-state index in [9.17, 15) is 9.59 Å². The molecule has 0 fully saturated rings. The predicted molar refractivity (Wildman–Crippen MR) is 71.4 cm³/mol. The maximum atomic E-state index is 11.6. The minimum atomic E-state index is -1.32. The Morgan fingerprint density at radius 1 is 1.37 bits per heavy atom. The number of hydrogen-bond acceptors (Lipinski definition) is 4. The second kappa shape index (κ2) is 6.60. The van der Waals surface area contributed by atoms with Gasteiger partial charge in [-0.05, 0) is 18.2 Å². The van der Waals surface area contributed by atoms with Crippen molar-refractivity contribution in [1.82, 2.24) is 5.32 Å². The van der Waals surface area contributed by atoms with Crippen LogP contribution in [0, 0.1) is 0 Å². The van der Waals surface area contributed by atoms with Gasteiger partial charge in [-0.2, -0.15) is 0 Å². The van der Waals surface area contributed by atoms with Crippen molar-refractivity contribution < 1.29 is 19.8 Å². The molecule has 0 aliphatic rings. The number of urea groups is 1. The molecule has 0 saturated heterocycles. The number of hydrogen-bond donors (Lipinski definition) is 4. The Labute approximate surface area is 110 Å². The van der Waals surface area contributed by atoms with E-state index in [1.807, 2.05) is 25.1 Å². The fraction of sp³-hybridized carbons (Fsp3) is 0.333. The van der Waals surface area contributed by atoms with Crippen LogP contribution in [-0.2, 0) is 4.79 Å². The zero-order valence-electron chi connectivity index (χ0n) is 10.8. The number of aliphatic carboxylic acids is 1. The summed E-state index contributed by atoms with van der Waals surface area (Å²) in [5.74, 6) is -1.29. The van der Waals surface area contributed by atoms with E-state index in [0.29, 0.717) is 5.69 Å². The molecule has 2 amide bonds. The SMILES string of the molecule is CN(C)c1cccc(NC(=O)NC(CO)C(=O)O)c1. The van der Waals surface area contributed by atoms with E-state index in [0.717, 1.165) is 5.69 Å². The molecule has 19 heavy (non-hydrogen) atoms. The molecule has 7 nitrogen and oxygen atoms in total. The second-order valence-corrected chi connectivity index (χ2v) is 4.12. The number of rotatable bonds is 5. The molecule has 0 spiro atoms. The molecule has 0 bridgehead atoms. The number of benzene rings is 1. The van der Waals surface area contributed by atoms with Crippen LogP contribution in [0.5, 0.6) is 0 Å². The minimum Gasteiger partial charge on any atom is -0.480 e. The van der Waals surface area contributed by atoms with Gasteiger partial charge in [0.2, 0.25) is 0 Å². The summed E-state index contributed by atoms with van der Waals surface area (Å²) in [6.45, 7) is -0.666. The van der Waals surface area contributed by atoms with Crippen LogP contribution in [-0.4, -0.2) is 49.0 Å². The highest BCUT2D eigenvalue weighted by molar-refractivity contribution is 5.92. The fourth-order valence-electron chi connectivity index (χ4n) is 1.37. The number of nitrogens with one attached hydrogen (secondary N) is 2. The molecule has 0 radical (unpaired) electrons. The van der Waals surface area contributed by atoms with E-state index in [1.165, 1.54) is 0 Å². The lowest BCUT2D eigenvalue weighted by Crippen LogP contribution is -2.45.